The van der Waals surface area contributed by atoms with E-state index in [2.05, 4.69) is 30.2 Å². The number of anilines is 2. The van der Waals surface area contributed by atoms with Gasteiger partial charge in [-0.2, -0.15) is 0 Å². The zero-order chi connectivity index (χ0) is 28.6. The molecule has 1 N–H and O–H groups in total. The van der Waals surface area contributed by atoms with E-state index in [4.69, 9.17) is 4.11 Å². The first-order valence-electron chi connectivity index (χ1n) is 13.8. The summed E-state index contributed by atoms with van der Waals surface area (Å²) in [5, 5.41) is 3.00. The number of pyridine rings is 1. The van der Waals surface area contributed by atoms with E-state index in [9.17, 15) is 8.78 Å². The van der Waals surface area contributed by atoms with Crippen molar-refractivity contribution in [1.82, 2.24) is 34.3 Å². The number of piperazine rings is 1. The van der Waals surface area contributed by atoms with E-state index in [0.29, 0.717) is 36.8 Å². The van der Waals surface area contributed by atoms with Crippen LogP contribution in [0.3, 0.4) is 0 Å². The van der Waals surface area contributed by atoms with Crippen molar-refractivity contribution >= 4 is 22.8 Å². The largest absolute Gasteiger partial charge is 0.326 e. The third-order valence-electron chi connectivity index (χ3n) is 6.62. The molecule has 0 atom stereocenters. The lowest BCUT2D eigenvalue weighted by atomic mass is 10.1. The Labute approximate surface area is 219 Å². The molecule has 194 valence electrons. The minimum Gasteiger partial charge on any atom is -0.326 e. The summed E-state index contributed by atoms with van der Waals surface area (Å²) in [6, 6.07) is 6.72. The molecule has 1 aliphatic heterocycles. The Kier molecular flexibility index (Phi) is 6.10. The number of likely N-dealkylation sites (N-methyl/N-ethyl adjacent to an activating group) is 1. The van der Waals surface area contributed by atoms with Crippen molar-refractivity contribution < 1.29 is 12.9 Å². The Morgan fingerprint density at radius 3 is 2.49 bits per heavy atom. The molecular formula is C27H32F2N8. The minimum atomic E-state index is -1.94. The molecule has 0 saturated carbocycles. The van der Waals surface area contributed by atoms with E-state index >= 15 is 0 Å². The van der Waals surface area contributed by atoms with Gasteiger partial charge in [-0.25, -0.2) is 28.7 Å². The molecule has 0 spiro atoms. The molecule has 4 heterocycles. The Morgan fingerprint density at radius 2 is 1.78 bits per heavy atom. The zero-order valence-electron chi connectivity index (χ0n) is 24.2. The third-order valence-corrected chi connectivity index (χ3v) is 6.62. The lowest BCUT2D eigenvalue weighted by Gasteiger charge is -2.33. The number of aromatic nitrogens is 5. The second kappa shape index (κ2) is 10.5. The standard InChI is InChI=1S/C27H32F2N8/c1-5-35-8-10-36(11-9-35)16-19-6-7-24(30-14-19)33-27-31-15-22(29)25(34-27)20-12-21(28)26-23(13-20)37(17(2)3)18(4)32-26/h6-7,12-15,17H,5,8-11,16H2,1-4H3,(H,30,31,33,34)/i1D3. The summed E-state index contributed by atoms with van der Waals surface area (Å²) in [7, 11) is 0. The average Bonchev–Trinajstić information content (AvgIpc) is 3.23. The maximum absolute atomic E-state index is 15.0. The lowest BCUT2D eigenvalue weighted by Crippen LogP contribution is -2.45. The van der Waals surface area contributed by atoms with Crippen LogP contribution in [0.15, 0.2) is 36.7 Å². The van der Waals surface area contributed by atoms with Gasteiger partial charge in [0.05, 0.1) is 11.7 Å². The highest BCUT2D eigenvalue weighted by Gasteiger charge is 2.19. The Morgan fingerprint density at radius 1 is 1.00 bits per heavy atom. The first-order chi connectivity index (χ1) is 19.0. The molecule has 8 nitrogen and oxygen atoms in total. The number of rotatable bonds is 7. The van der Waals surface area contributed by atoms with Gasteiger partial charge >= 0.3 is 0 Å². The molecule has 1 aliphatic rings. The second-order valence-corrected chi connectivity index (χ2v) is 9.57. The van der Waals surface area contributed by atoms with E-state index in [1.807, 2.05) is 36.3 Å². The van der Waals surface area contributed by atoms with Crippen LogP contribution >= 0.6 is 0 Å². The maximum Gasteiger partial charge on any atom is 0.229 e. The van der Waals surface area contributed by atoms with Gasteiger partial charge in [-0.15, -0.1) is 0 Å². The summed E-state index contributed by atoms with van der Waals surface area (Å²) in [6.45, 7) is 7.64. The first kappa shape index (κ1) is 21.6. The summed E-state index contributed by atoms with van der Waals surface area (Å²) in [5.74, 6) is 0.0873. The topological polar surface area (TPSA) is 75.0 Å². The van der Waals surface area contributed by atoms with Crippen molar-refractivity contribution in [3.8, 4) is 11.3 Å². The minimum absolute atomic E-state index is 0.0262. The van der Waals surface area contributed by atoms with Gasteiger partial charge in [0.1, 0.15) is 22.9 Å². The van der Waals surface area contributed by atoms with Gasteiger partial charge in [0.25, 0.3) is 0 Å². The summed E-state index contributed by atoms with van der Waals surface area (Å²) >= 11 is 0. The van der Waals surface area contributed by atoms with Crippen LogP contribution in [0.5, 0.6) is 0 Å². The smallest absolute Gasteiger partial charge is 0.229 e. The monoisotopic (exact) mass is 509 g/mol. The fourth-order valence-electron chi connectivity index (χ4n) is 4.76. The van der Waals surface area contributed by atoms with Crippen LogP contribution in [0.4, 0.5) is 20.5 Å². The molecule has 4 aromatic rings. The van der Waals surface area contributed by atoms with Gasteiger partial charge in [0.15, 0.2) is 11.6 Å². The van der Waals surface area contributed by atoms with Crippen molar-refractivity contribution in [3.05, 3.63) is 59.7 Å². The molecule has 10 heteroatoms. The molecule has 1 aromatic carbocycles. The van der Waals surface area contributed by atoms with Gasteiger partial charge in [-0.3, -0.25) is 4.90 Å². The number of nitrogens with zero attached hydrogens (tertiary/aromatic N) is 7. The lowest BCUT2D eigenvalue weighted by molar-refractivity contribution is 0.132. The molecule has 0 aliphatic carbocycles. The summed E-state index contributed by atoms with van der Waals surface area (Å²) in [5.41, 5.74) is 2.09. The Hall–Kier alpha value is -3.50. The molecule has 37 heavy (non-hydrogen) atoms. The van der Waals surface area contributed by atoms with Crippen LogP contribution in [0.1, 0.15) is 42.2 Å². The van der Waals surface area contributed by atoms with E-state index in [1.54, 1.807) is 18.3 Å². The molecule has 3 aromatic heterocycles. The van der Waals surface area contributed by atoms with Crippen LogP contribution in [0.25, 0.3) is 22.3 Å². The van der Waals surface area contributed by atoms with Crippen LogP contribution in [-0.4, -0.2) is 67.0 Å². The van der Waals surface area contributed by atoms with Gasteiger partial charge in [-0.05, 0) is 51.1 Å². The van der Waals surface area contributed by atoms with Crippen LogP contribution in [0, 0.1) is 18.6 Å². The zero-order valence-corrected chi connectivity index (χ0v) is 21.2. The summed E-state index contributed by atoms with van der Waals surface area (Å²) < 4.78 is 54.0. The number of hydrogen-bond acceptors (Lipinski definition) is 7. The summed E-state index contributed by atoms with van der Waals surface area (Å²) in [4.78, 5) is 21.4. The number of benzene rings is 1. The molecule has 1 saturated heterocycles. The van der Waals surface area contributed by atoms with Crippen molar-refractivity contribution in [2.45, 2.75) is 40.2 Å². The number of imidazole rings is 1. The van der Waals surface area contributed by atoms with Crippen molar-refractivity contribution in [2.24, 2.45) is 0 Å². The molecule has 0 unspecified atom stereocenters. The van der Waals surface area contributed by atoms with Gasteiger partial charge in [0, 0.05) is 54.6 Å². The van der Waals surface area contributed by atoms with Gasteiger partial charge in [-0.1, -0.05) is 12.9 Å². The molecule has 1 fully saturated rings. The fourth-order valence-corrected chi connectivity index (χ4v) is 4.76. The predicted octanol–water partition coefficient (Wildman–Crippen LogP) is 4.94. The second-order valence-electron chi connectivity index (χ2n) is 9.57. The Bertz CT molecular complexity index is 1500. The fraction of sp³-hybridized carbons (Fsp3) is 0.407. The number of aryl methyl sites for hydroxylation is 1. The van der Waals surface area contributed by atoms with Crippen LogP contribution in [-0.2, 0) is 6.54 Å². The number of nitrogens with one attached hydrogen (secondary N) is 1. The third kappa shape index (κ3) is 5.30. The van der Waals surface area contributed by atoms with E-state index in [0.717, 1.165) is 24.8 Å². The first-order valence-corrected chi connectivity index (χ1v) is 12.3. The normalized spacial score (nSPS) is 16.6. The van der Waals surface area contributed by atoms with E-state index in [1.165, 1.54) is 6.07 Å². The molecule has 5 rings (SSSR count). The van der Waals surface area contributed by atoms with Crippen LogP contribution < -0.4 is 5.32 Å². The van der Waals surface area contributed by atoms with Crippen molar-refractivity contribution in [3.63, 3.8) is 0 Å². The number of hydrogen-bond donors (Lipinski definition) is 1. The van der Waals surface area contributed by atoms with E-state index < -0.39 is 18.5 Å². The molecule has 0 radical (unpaired) electrons. The Balaban J connectivity index is 1.28. The average molecular weight is 510 g/mol. The van der Waals surface area contributed by atoms with Crippen molar-refractivity contribution in [1.29, 1.82) is 0 Å². The predicted molar refractivity (Wildman–Crippen MR) is 141 cm³/mol. The van der Waals surface area contributed by atoms with Gasteiger partial charge < -0.3 is 14.8 Å². The quantitative estimate of drug-likeness (QED) is 0.378. The van der Waals surface area contributed by atoms with Crippen LogP contribution in [0.2, 0.25) is 0 Å². The molecule has 0 amide bonds. The highest BCUT2D eigenvalue weighted by molar-refractivity contribution is 5.83. The number of fused-ring (bicyclic) bond motifs is 1. The van der Waals surface area contributed by atoms with E-state index in [-0.39, 0.29) is 35.3 Å². The molecular weight excluding hydrogens is 474 g/mol. The van der Waals surface area contributed by atoms with Gasteiger partial charge in [0.2, 0.25) is 5.95 Å². The maximum atomic E-state index is 15.0. The SMILES string of the molecule is [2H]C([2H])([2H])CN1CCN(Cc2ccc(Nc3ncc(F)c(-c4cc(F)c5nc(C)n(C(C)C)c5c4)n3)nc2)CC1. The summed E-state index contributed by atoms with van der Waals surface area (Å²) in [6.07, 6.45) is 2.80. The highest BCUT2D eigenvalue weighted by atomic mass is 19.1. The highest BCUT2D eigenvalue weighted by Crippen LogP contribution is 2.30. The van der Waals surface area contributed by atoms with Crippen molar-refractivity contribution in [2.75, 3.05) is 38.0 Å². The number of halogens is 2. The molecule has 0 bridgehead atoms.